The average Bonchev–Trinajstić information content (AvgIpc) is 2.28. The Labute approximate surface area is 101 Å². The van der Waals surface area contributed by atoms with Crippen molar-refractivity contribution in [2.45, 2.75) is 0 Å². The quantitative estimate of drug-likeness (QED) is 0.762. The summed E-state index contributed by atoms with van der Waals surface area (Å²) in [7, 11) is 3.38. The summed E-state index contributed by atoms with van der Waals surface area (Å²) in [5.41, 5.74) is 2.53. The monoisotopic (exact) mass is 242 g/mol. The Kier molecular flexibility index (Phi) is 4.01. The van der Waals surface area contributed by atoms with E-state index in [2.05, 4.69) is 10.2 Å². The van der Waals surface area contributed by atoms with Gasteiger partial charge in [-0.1, -0.05) is 6.07 Å². The van der Waals surface area contributed by atoms with Crippen molar-refractivity contribution in [2.75, 3.05) is 37.5 Å². The highest BCUT2D eigenvalue weighted by Gasteiger charge is 2.20. The third kappa shape index (κ3) is 2.07. The van der Waals surface area contributed by atoms with Crippen LogP contribution in [0.5, 0.6) is 0 Å². The zero-order chi connectivity index (χ0) is 10.8. The van der Waals surface area contributed by atoms with Crippen LogP contribution in [0.2, 0.25) is 0 Å². The third-order valence-electron chi connectivity index (χ3n) is 2.59. The predicted octanol–water partition coefficient (Wildman–Crippen LogP) is 1.76. The molecule has 0 spiro atoms. The lowest BCUT2D eigenvalue weighted by atomic mass is 10.1. The fraction of sp³-hybridized carbons (Fsp3) is 0.364. The van der Waals surface area contributed by atoms with Gasteiger partial charge in [0.1, 0.15) is 0 Å². The second-order valence-corrected chi connectivity index (χ2v) is 3.54. The van der Waals surface area contributed by atoms with Gasteiger partial charge in [-0.2, -0.15) is 0 Å². The van der Waals surface area contributed by atoms with E-state index in [0.29, 0.717) is 5.56 Å². The molecule has 1 aromatic carbocycles. The Morgan fingerprint density at radius 3 is 2.94 bits per heavy atom. The Hall–Kier alpha value is -1.42. The molecule has 0 amide bonds. The summed E-state index contributed by atoms with van der Waals surface area (Å²) in [6, 6.07) is 5.61. The minimum atomic E-state index is -0.289. The molecule has 1 aliphatic rings. The van der Waals surface area contributed by atoms with Gasteiger partial charge in [0.05, 0.1) is 24.0 Å². The lowest BCUT2D eigenvalue weighted by Gasteiger charge is -2.29. The first-order valence-electron chi connectivity index (χ1n) is 4.90. The van der Waals surface area contributed by atoms with Crippen molar-refractivity contribution in [3.8, 4) is 0 Å². The molecule has 0 radical (unpaired) electrons. The SMILES string of the molecule is COC(=O)c1cccc2c1N(C)CCN2.Cl. The summed E-state index contributed by atoms with van der Waals surface area (Å²) < 4.78 is 4.76. The Bertz CT molecular complexity index is 396. The first-order chi connectivity index (χ1) is 7.24. The lowest BCUT2D eigenvalue weighted by Crippen LogP contribution is -2.32. The van der Waals surface area contributed by atoms with Crippen LogP contribution in [0.1, 0.15) is 10.4 Å². The van der Waals surface area contributed by atoms with Gasteiger partial charge in [-0.25, -0.2) is 4.79 Å². The van der Waals surface area contributed by atoms with Crippen LogP contribution in [0.3, 0.4) is 0 Å². The van der Waals surface area contributed by atoms with Crippen molar-refractivity contribution in [2.24, 2.45) is 0 Å². The molecular weight excluding hydrogens is 228 g/mol. The number of rotatable bonds is 1. The first-order valence-corrected chi connectivity index (χ1v) is 4.90. The minimum absolute atomic E-state index is 0. The first kappa shape index (κ1) is 12.6. The van der Waals surface area contributed by atoms with E-state index in [-0.39, 0.29) is 18.4 Å². The maximum atomic E-state index is 11.6. The predicted molar refractivity (Wildman–Crippen MR) is 66.8 cm³/mol. The molecule has 1 aliphatic heterocycles. The molecule has 2 rings (SSSR count). The zero-order valence-electron chi connectivity index (χ0n) is 9.32. The number of carbonyl (C=O) groups is 1. The number of fused-ring (bicyclic) bond motifs is 1. The number of para-hydroxylation sites is 1. The van der Waals surface area contributed by atoms with Crippen molar-refractivity contribution in [1.29, 1.82) is 0 Å². The number of ether oxygens (including phenoxy) is 1. The van der Waals surface area contributed by atoms with Crippen molar-refractivity contribution >= 4 is 29.8 Å². The molecule has 0 atom stereocenters. The van der Waals surface area contributed by atoms with E-state index in [4.69, 9.17) is 4.74 Å². The molecule has 0 saturated heterocycles. The van der Waals surface area contributed by atoms with Crippen LogP contribution < -0.4 is 10.2 Å². The number of nitrogens with zero attached hydrogens (tertiary/aromatic N) is 1. The summed E-state index contributed by atoms with van der Waals surface area (Å²) >= 11 is 0. The highest BCUT2D eigenvalue weighted by molar-refractivity contribution is 5.99. The van der Waals surface area contributed by atoms with Gasteiger partial charge in [-0.3, -0.25) is 0 Å². The van der Waals surface area contributed by atoms with Crippen LogP contribution in [0.4, 0.5) is 11.4 Å². The lowest BCUT2D eigenvalue weighted by molar-refractivity contribution is 0.0601. The number of benzene rings is 1. The fourth-order valence-corrected chi connectivity index (χ4v) is 1.84. The average molecular weight is 243 g/mol. The Balaban J connectivity index is 0.00000128. The van der Waals surface area contributed by atoms with Crippen LogP contribution in [0.25, 0.3) is 0 Å². The Morgan fingerprint density at radius 1 is 1.50 bits per heavy atom. The topological polar surface area (TPSA) is 41.6 Å². The third-order valence-corrected chi connectivity index (χ3v) is 2.59. The molecule has 0 aromatic heterocycles. The van der Waals surface area contributed by atoms with E-state index in [1.54, 1.807) is 6.07 Å². The van der Waals surface area contributed by atoms with Crippen LogP contribution in [0, 0.1) is 0 Å². The van der Waals surface area contributed by atoms with Gasteiger partial charge in [0.2, 0.25) is 0 Å². The van der Waals surface area contributed by atoms with Crippen molar-refractivity contribution in [3.63, 3.8) is 0 Å². The number of hydrogen-bond acceptors (Lipinski definition) is 4. The van der Waals surface area contributed by atoms with Gasteiger partial charge in [0.25, 0.3) is 0 Å². The van der Waals surface area contributed by atoms with E-state index >= 15 is 0 Å². The number of halogens is 1. The van der Waals surface area contributed by atoms with E-state index in [9.17, 15) is 4.79 Å². The highest BCUT2D eigenvalue weighted by atomic mass is 35.5. The molecule has 0 fully saturated rings. The van der Waals surface area contributed by atoms with Crippen molar-refractivity contribution in [1.82, 2.24) is 0 Å². The summed E-state index contributed by atoms with van der Waals surface area (Å²) in [6.07, 6.45) is 0. The molecule has 0 aliphatic carbocycles. The number of likely N-dealkylation sites (N-methyl/N-ethyl adjacent to an activating group) is 1. The number of esters is 1. The largest absolute Gasteiger partial charge is 0.465 e. The van der Waals surface area contributed by atoms with Gasteiger partial charge in [-0.05, 0) is 12.1 Å². The molecule has 88 valence electrons. The van der Waals surface area contributed by atoms with E-state index in [0.717, 1.165) is 24.5 Å². The normalized spacial score (nSPS) is 13.2. The van der Waals surface area contributed by atoms with Gasteiger partial charge < -0.3 is 15.0 Å². The molecule has 5 heteroatoms. The summed E-state index contributed by atoms with van der Waals surface area (Å²) in [6.45, 7) is 1.79. The molecule has 0 saturated carbocycles. The molecule has 1 aromatic rings. The maximum absolute atomic E-state index is 11.6. The van der Waals surface area contributed by atoms with Crippen LogP contribution in [-0.2, 0) is 4.74 Å². The molecule has 0 unspecified atom stereocenters. The highest BCUT2D eigenvalue weighted by Crippen LogP contribution is 2.31. The van der Waals surface area contributed by atoms with E-state index in [1.807, 2.05) is 19.2 Å². The van der Waals surface area contributed by atoms with Gasteiger partial charge in [-0.15, -0.1) is 12.4 Å². The second-order valence-electron chi connectivity index (χ2n) is 3.54. The van der Waals surface area contributed by atoms with Crippen LogP contribution in [-0.4, -0.2) is 33.2 Å². The molecule has 0 bridgehead atoms. The van der Waals surface area contributed by atoms with Crippen LogP contribution in [0.15, 0.2) is 18.2 Å². The standard InChI is InChI=1S/C11H14N2O2.ClH/c1-13-7-6-12-9-5-3-4-8(10(9)13)11(14)15-2;/h3-5,12H,6-7H2,1-2H3;1H. The number of carbonyl (C=O) groups excluding carboxylic acids is 1. The Morgan fingerprint density at radius 2 is 2.25 bits per heavy atom. The second kappa shape index (κ2) is 5.07. The van der Waals surface area contributed by atoms with Crippen molar-refractivity contribution < 1.29 is 9.53 Å². The van der Waals surface area contributed by atoms with Gasteiger partial charge in [0, 0.05) is 20.1 Å². The smallest absolute Gasteiger partial charge is 0.340 e. The summed E-state index contributed by atoms with van der Waals surface area (Å²) in [5, 5.41) is 3.26. The van der Waals surface area contributed by atoms with Gasteiger partial charge >= 0.3 is 5.97 Å². The summed E-state index contributed by atoms with van der Waals surface area (Å²) in [5.74, 6) is -0.289. The van der Waals surface area contributed by atoms with Gasteiger partial charge in [0.15, 0.2) is 0 Å². The van der Waals surface area contributed by atoms with E-state index < -0.39 is 0 Å². The molecule has 1 heterocycles. The van der Waals surface area contributed by atoms with E-state index in [1.165, 1.54) is 7.11 Å². The molecular formula is C11H15ClN2O2. The molecule has 16 heavy (non-hydrogen) atoms. The number of nitrogens with one attached hydrogen (secondary N) is 1. The summed E-state index contributed by atoms with van der Waals surface area (Å²) in [4.78, 5) is 13.6. The maximum Gasteiger partial charge on any atom is 0.340 e. The van der Waals surface area contributed by atoms with Crippen LogP contribution >= 0.6 is 12.4 Å². The minimum Gasteiger partial charge on any atom is -0.465 e. The molecule has 4 nitrogen and oxygen atoms in total. The number of hydrogen-bond donors (Lipinski definition) is 1. The number of anilines is 2. The number of methoxy groups -OCH3 is 1. The zero-order valence-corrected chi connectivity index (χ0v) is 10.1. The molecule has 1 N–H and O–H groups in total. The fourth-order valence-electron chi connectivity index (χ4n) is 1.84. The van der Waals surface area contributed by atoms with Crippen molar-refractivity contribution in [3.05, 3.63) is 23.8 Å².